The summed E-state index contributed by atoms with van der Waals surface area (Å²) in [6, 6.07) is 5.72. The molecule has 1 aromatic rings. The summed E-state index contributed by atoms with van der Waals surface area (Å²) in [5.74, 6) is -0.126. The number of hydrogen-bond donors (Lipinski definition) is 2. The molecule has 0 fully saturated rings. The minimum Gasteiger partial charge on any atom is -0.391 e. The summed E-state index contributed by atoms with van der Waals surface area (Å²) >= 11 is 0. The Kier molecular flexibility index (Phi) is 4.50. The fourth-order valence-corrected chi connectivity index (χ4v) is 1.56. The summed E-state index contributed by atoms with van der Waals surface area (Å²) in [7, 11) is 0. The molecule has 1 atom stereocenters. The molecule has 3 heteroatoms. The predicted octanol–water partition coefficient (Wildman–Crippen LogP) is 1.80. The van der Waals surface area contributed by atoms with E-state index in [1.165, 1.54) is 0 Å². The standard InChI is InChI=1S/C13H19NO2/c1-4-12(15)8-14-13(16)11-6-9(2)5-10(3)7-11/h5-7,12,15H,4,8H2,1-3H3,(H,14,16). The smallest absolute Gasteiger partial charge is 0.251 e. The van der Waals surface area contributed by atoms with E-state index in [1.807, 2.05) is 39.0 Å². The molecule has 3 nitrogen and oxygen atoms in total. The molecule has 0 aromatic heterocycles. The van der Waals surface area contributed by atoms with E-state index in [2.05, 4.69) is 5.32 Å². The van der Waals surface area contributed by atoms with Gasteiger partial charge < -0.3 is 10.4 Å². The van der Waals surface area contributed by atoms with Gasteiger partial charge in [0.05, 0.1) is 6.10 Å². The Balaban J connectivity index is 2.66. The summed E-state index contributed by atoms with van der Waals surface area (Å²) < 4.78 is 0. The Hall–Kier alpha value is -1.35. The maximum absolute atomic E-state index is 11.7. The number of nitrogens with one attached hydrogen (secondary N) is 1. The summed E-state index contributed by atoms with van der Waals surface area (Å²) in [5, 5.41) is 12.1. The van der Waals surface area contributed by atoms with Gasteiger partial charge in [-0.25, -0.2) is 0 Å². The number of aryl methyl sites for hydroxylation is 2. The summed E-state index contributed by atoms with van der Waals surface area (Å²) in [5.41, 5.74) is 2.79. The first-order valence-corrected chi connectivity index (χ1v) is 5.57. The highest BCUT2D eigenvalue weighted by molar-refractivity contribution is 5.94. The number of rotatable bonds is 4. The largest absolute Gasteiger partial charge is 0.391 e. The zero-order valence-corrected chi connectivity index (χ0v) is 10.1. The van der Waals surface area contributed by atoms with Crippen LogP contribution in [0.25, 0.3) is 0 Å². The first-order chi connectivity index (χ1) is 7.52. The van der Waals surface area contributed by atoms with Gasteiger partial charge in [0.2, 0.25) is 0 Å². The van der Waals surface area contributed by atoms with Gasteiger partial charge in [-0.3, -0.25) is 4.79 Å². The molecule has 0 aliphatic rings. The Bertz CT molecular complexity index is 354. The first-order valence-electron chi connectivity index (χ1n) is 5.57. The summed E-state index contributed by atoms with van der Waals surface area (Å²) in [6.45, 7) is 6.12. The molecule has 0 bridgehead atoms. The molecule has 0 aliphatic carbocycles. The zero-order valence-electron chi connectivity index (χ0n) is 10.1. The Morgan fingerprint density at radius 1 is 1.31 bits per heavy atom. The second-order valence-corrected chi connectivity index (χ2v) is 4.15. The van der Waals surface area contributed by atoms with Gasteiger partial charge in [0, 0.05) is 12.1 Å². The van der Waals surface area contributed by atoms with Crippen molar-refractivity contribution in [2.75, 3.05) is 6.54 Å². The highest BCUT2D eigenvalue weighted by atomic mass is 16.3. The van der Waals surface area contributed by atoms with Crippen LogP contribution < -0.4 is 5.32 Å². The van der Waals surface area contributed by atoms with Crippen LogP contribution in [0.3, 0.4) is 0 Å². The van der Waals surface area contributed by atoms with E-state index >= 15 is 0 Å². The van der Waals surface area contributed by atoms with E-state index < -0.39 is 6.10 Å². The first kappa shape index (κ1) is 12.7. The van der Waals surface area contributed by atoms with Crippen LogP contribution in [0.4, 0.5) is 0 Å². The van der Waals surface area contributed by atoms with E-state index in [9.17, 15) is 9.90 Å². The van der Waals surface area contributed by atoms with Gasteiger partial charge in [-0.1, -0.05) is 24.1 Å². The number of carbonyl (C=O) groups is 1. The Labute approximate surface area is 96.5 Å². The minimum atomic E-state index is -0.463. The molecule has 1 rings (SSSR count). The number of aliphatic hydroxyl groups excluding tert-OH is 1. The third kappa shape index (κ3) is 3.66. The van der Waals surface area contributed by atoms with Gasteiger partial charge in [-0.2, -0.15) is 0 Å². The van der Waals surface area contributed by atoms with Crippen molar-refractivity contribution in [3.8, 4) is 0 Å². The lowest BCUT2D eigenvalue weighted by Crippen LogP contribution is -2.31. The average Bonchev–Trinajstić information content (AvgIpc) is 2.23. The number of amides is 1. The summed E-state index contributed by atoms with van der Waals surface area (Å²) in [6.07, 6.45) is 0.183. The second kappa shape index (κ2) is 5.66. The van der Waals surface area contributed by atoms with Crippen LogP contribution in [0.15, 0.2) is 18.2 Å². The second-order valence-electron chi connectivity index (χ2n) is 4.15. The quantitative estimate of drug-likeness (QED) is 0.814. The van der Waals surface area contributed by atoms with Gasteiger partial charge in [0.1, 0.15) is 0 Å². The molecule has 0 radical (unpaired) electrons. The number of carbonyl (C=O) groups excluding carboxylic acids is 1. The molecule has 1 unspecified atom stereocenters. The van der Waals surface area contributed by atoms with Crippen molar-refractivity contribution >= 4 is 5.91 Å². The fourth-order valence-electron chi connectivity index (χ4n) is 1.56. The van der Waals surface area contributed by atoms with Crippen LogP contribution in [0.1, 0.15) is 34.8 Å². The monoisotopic (exact) mass is 221 g/mol. The highest BCUT2D eigenvalue weighted by Gasteiger charge is 2.08. The number of aliphatic hydroxyl groups is 1. The van der Waals surface area contributed by atoms with Crippen molar-refractivity contribution in [3.05, 3.63) is 34.9 Å². The molecule has 16 heavy (non-hydrogen) atoms. The van der Waals surface area contributed by atoms with E-state index in [-0.39, 0.29) is 5.91 Å². The molecule has 0 saturated heterocycles. The maximum atomic E-state index is 11.7. The van der Waals surface area contributed by atoms with Crippen LogP contribution in [0.2, 0.25) is 0 Å². The van der Waals surface area contributed by atoms with Crippen LogP contribution in [-0.4, -0.2) is 23.7 Å². The van der Waals surface area contributed by atoms with Crippen molar-refractivity contribution in [2.45, 2.75) is 33.3 Å². The van der Waals surface area contributed by atoms with Gasteiger partial charge in [-0.05, 0) is 32.4 Å². The predicted molar refractivity (Wildman–Crippen MR) is 64.5 cm³/mol. The van der Waals surface area contributed by atoms with E-state index in [0.717, 1.165) is 11.1 Å². The number of benzene rings is 1. The molecule has 88 valence electrons. The van der Waals surface area contributed by atoms with Crippen LogP contribution in [0, 0.1) is 13.8 Å². The van der Waals surface area contributed by atoms with E-state index in [1.54, 1.807) is 0 Å². The van der Waals surface area contributed by atoms with E-state index in [0.29, 0.717) is 18.5 Å². The lowest BCUT2D eigenvalue weighted by molar-refractivity contribution is 0.0913. The SMILES string of the molecule is CCC(O)CNC(=O)c1cc(C)cc(C)c1. The van der Waals surface area contributed by atoms with Crippen molar-refractivity contribution in [1.82, 2.24) is 5.32 Å². The van der Waals surface area contributed by atoms with Crippen molar-refractivity contribution in [2.24, 2.45) is 0 Å². The van der Waals surface area contributed by atoms with Gasteiger partial charge in [-0.15, -0.1) is 0 Å². The average molecular weight is 221 g/mol. The lowest BCUT2D eigenvalue weighted by atomic mass is 10.1. The molecule has 1 amide bonds. The van der Waals surface area contributed by atoms with Crippen LogP contribution in [-0.2, 0) is 0 Å². The molecule has 0 spiro atoms. The van der Waals surface area contributed by atoms with Crippen molar-refractivity contribution in [1.29, 1.82) is 0 Å². The molecule has 0 heterocycles. The Morgan fingerprint density at radius 2 is 1.88 bits per heavy atom. The normalized spacial score (nSPS) is 12.2. The third-order valence-electron chi connectivity index (χ3n) is 2.45. The van der Waals surface area contributed by atoms with Crippen molar-refractivity contribution in [3.63, 3.8) is 0 Å². The fraction of sp³-hybridized carbons (Fsp3) is 0.462. The van der Waals surface area contributed by atoms with Gasteiger partial charge in [0.15, 0.2) is 0 Å². The van der Waals surface area contributed by atoms with Gasteiger partial charge >= 0.3 is 0 Å². The minimum absolute atomic E-state index is 0.126. The lowest BCUT2D eigenvalue weighted by Gasteiger charge is -2.10. The van der Waals surface area contributed by atoms with E-state index in [4.69, 9.17) is 0 Å². The van der Waals surface area contributed by atoms with Crippen LogP contribution >= 0.6 is 0 Å². The summed E-state index contributed by atoms with van der Waals surface area (Å²) in [4.78, 5) is 11.7. The molecular formula is C13H19NO2. The number of hydrogen-bond acceptors (Lipinski definition) is 2. The Morgan fingerprint density at radius 3 is 2.38 bits per heavy atom. The molecule has 0 aliphatic heterocycles. The maximum Gasteiger partial charge on any atom is 0.251 e. The molecule has 2 N–H and O–H groups in total. The van der Waals surface area contributed by atoms with Crippen molar-refractivity contribution < 1.29 is 9.90 Å². The molecule has 0 saturated carbocycles. The molecule has 1 aromatic carbocycles. The van der Waals surface area contributed by atoms with Crippen LogP contribution in [0.5, 0.6) is 0 Å². The molecular weight excluding hydrogens is 202 g/mol. The zero-order chi connectivity index (χ0) is 12.1. The highest BCUT2D eigenvalue weighted by Crippen LogP contribution is 2.08. The third-order valence-corrected chi connectivity index (χ3v) is 2.45. The van der Waals surface area contributed by atoms with Gasteiger partial charge in [0.25, 0.3) is 5.91 Å². The topological polar surface area (TPSA) is 49.3 Å².